The molecule has 10 N–H and O–H groups in total. The highest BCUT2D eigenvalue weighted by Gasteiger charge is 2.31. The van der Waals surface area contributed by atoms with E-state index in [1.54, 1.807) is 13.8 Å². The second-order valence-corrected chi connectivity index (χ2v) is 7.19. The van der Waals surface area contributed by atoms with Gasteiger partial charge in [-0.25, -0.2) is 4.79 Å². The molecule has 0 heterocycles. The molecule has 0 bridgehead atoms. The van der Waals surface area contributed by atoms with Crippen molar-refractivity contribution in [2.75, 3.05) is 5.75 Å². The fraction of sp³-hybridized carbons (Fsp3) is 0.625. The van der Waals surface area contributed by atoms with E-state index in [0.717, 1.165) is 0 Å². The fourth-order valence-electron chi connectivity index (χ4n) is 2.23. The highest BCUT2D eigenvalue weighted by atomic mass is 32.1. The van der Waals surface area contributed by atoms with Gasteiger partial charge >= 0.3 is 5.97 Å². The second kappa shape index (κ2) is 12.6. The van der Waals surface area contributed by atoms with E-state index >= 15 is 0 Å². The van der Waals surface area contributed by atoms with Gasteiger partial charge in [0, 0.05) is 5.75 Å². The SMILES string of the molecule is CC(C)C(NC(=O)C(CS)NC(=O)C(CC(N)=O)NC(=O)C(N)CC(N)=O)C(=O)O. The molecule has 170 valence electrons. The van der Waals surface area contributed by atoms with Crippen LogP contribution in [0.15, 0.2) is 0 Å². The lowest BCUT2D eigenvalue weighted by molar-refractivity contribution is -0.143. The van der Waals surface area contributed by atoms with Crippen molar-refractivity contribution in [3.05, 3.63) is 0 Å². The van der Waals surface area contributed by atoms with Crippen molar-refractivity contribution in [1.29, 1.82) is 0 Å². The Labute approximate surface area is 178 Å². The van der Waals surface area contributed by atoms with Crippen molar-refractivity contribution in [2.45, 2.75) is 50.9 Å². The molecule has 4 atom stereocenters. The molecule has 0 radical (unpaired) electrons. The number of carbonyl (C=O) groups excluding carboxylic acids is 5. The summed E-state index contributed by atoms with van der Waals surface area (Å²) in [7, 11) is 0. The molecular formula is C16H28N6O7S. The molecule has 0 fully saturated rings. The van der Waals surface area contributed by atoms with Gasteiger partial charge in [0.15, 0.2) is 0 Å². The van der Waals surface area contributed by atoms with E-state index in [2.05, 4.69) is 28.6 Å². The Kier molecular flexibility index (Phi) is 11.4. The standard InChI is InChI=1S/C16H28N6O7S/c1-6(2)12(16(28)29)22-15(27)9(5-30)21-14(26)8(4-11(19)24)20-13(25)7(17)3-10(18)23/h6-9,12,30H,3-5,17H2,1-2H3,(H2,18,23)(H2,19,24)(H,20,25)(H,21,26)(H,22,27)(H,28,29). The highest BCUT2D eigenvalue weighted by Crippen LogP contribution is 2.04. The van der Waals surface area contributed by atoms with Gasteiger partial charge in [0.25, 0.3) is 0 Å². The zero-order valence-corrected chi connectivity index (χ0v) is 17.5. The van der Waals surface area contributed by atoms with Crippen molar-refractivity contribution < 1.29 is 33.9 Å². The van der Waals surface area contributed by atoms with Gasteiger partial charge in [0.2, 0.25) is 29.5 Å². The first kappa shape index (κ1) is 27.1. The predicted octanol–water partition coefficient (Wildman–Crippen LogP) is -3.81. The zero-order valence-electron chi connectivity index (χ0n) is 16.6. The monoisotopic (exact) mass is 448 g/mol. The fourth-order valence-corrected chi connectivity index (χ4v) is 2.49. The van der Waals surface area contributed by atoms with Crippen molar-refractivity contribution in [1.82, 2.24) is 16.0 Å². The van der Waals surface area contributed by atoms with Crippen LogP contribution in [0.4, 0.5) is 0 Å². The number of nitrogens with one attached hydrogen (secondary N) is 3. The number of rotatable bonds is 13. The van der Waals surface area contributed by atoms with Crippen LogP contribution in [0.1, 0.15) is 26.7 Å². The Balaban J connectivity index is 5.27. The van der Waals surface area contributed by atoms with Crippen LogP contribution in [-0.2, 0) is 28.8 Å². The maximum atomic E-state index is 12.5. The van der Waals surface area contributed by atoms with Crippen LogP contribution in [0.3, 0.4) is 0 Å². The smallest absolute Gasteiger partial charge is 0.326 e. The largest absolute Gasteiger partial charge is 0.480 e. The first-order valence-electron chi connectivity index (χ1n) is 8.87. The molecule has 0 aliphatic carbocycles. The molecule has 0 aromatic heterocycles. The number of aliphatic carboxylic acids is 1. The van der Waals surface area contributed by atoms with Crippen molar-refractivity contribution >= 4 is 48.1 Å². The number of carboxylic acid groups (broad SMARTS) is 1. The minimum Gasteiger partial charge on any atom is -0.480 e. The molecule has 0 aromatic carbocycles. The average Bonchev–Trinajstić information content (AvgIpc) is 2.61. The number of carbonyl (C=O) groups is 6. The summed E-state index contributed by atoms with van der Waals surface area (Å²) in [6, 6.07) is -5.33. The molecule has 0 saturated heterocycles. The lowest BCUT2D eigenvalue weighted by atomic mass is 10.0. The Bertz CT molecular complexity index is 687. The van der Waals surface area contributed by atoms with Crippen molar-refractivity contribution in [3.8, 4) is 0 Å². The summed E-state index contributed by atoms with van der Waals surface area (Å²) in [6.45, 7) is 3.17. The molecule has 13 nitrogen and oxygen atoms in total. The third kappa shape index (κ3) is 9.56. The lowest BCUT2D eigenvalue weighted by Gasteiger charge is -2.24. The van der Waals surface area contributed by atoms with Crippen LogP contribution in [-0.4, -0.2) is 70.5 Å². The Morgan fingerprint density at radius 1 is 0.833 bits per heavy atom. The van der Waals surface area contributed by atoms with Crippen LogP contribution in [0.2, 0.25) is 0 Å². The topological polar surface area (TPSA) is 237 Å². The van der Waals surface area contributed by atoms with Gasteiger partial charge in [-0.05, 0) is 5.92 Å². The summed E-state index contributed by atoms with van der Waals surface area (Å²) in [4.78, 5) is 70.2. The van der Waals surface area contributed by atoms with Gasteiger partial charge in [0.05, 0.1) is 18.9 Å². The van der Waals surface area contributed by atoms with Gasteiger partial charge in [-0.3, -0.25) is 24.0 Å². The number of nitrogens with two attached hydrogens (primary N) is 3. The normalized spacial score (nSPS) is 14.7. The lowest BCUT2D eigenvalue weighted by Crippen LogP contribution is -2.58. The molecule has 0 rings (SSSR count). The molecule has 0 spiro atoms. The van der Waals surface area contributed by atoms with E-state index in [0.29, 0.717) is 0 Å². The summed E-state index contributed by atoms with van der Waals surface area (Å²) >= 11 is 3.96. The van der Waals surface area contributed by atoms with Crippen LogP contribution < -0.4 is 33.2 Å². The first-order valence-corrected chi connectivity index (χ1v) is 9.50. The van der Waals surface area contributed by atoms with Gasteiger partial charge in [-0.1, -0.05) is 13.8 Å². The number of carboxylic acids is 1. The maximum Gasteiger partial charge on any atom is 0.326 e. The number of amides is 5. The van der Waals surface area contributed by atoms with Crippen molar-refractivity contribution in [2.24, 2.45) is 23.1 Å². The summed E-state index contributed by atoms with van der Waals surface area (Å²) in [6.07, 6.45) is -1.12. The second-order valence-electron chi connectivity index (χ2n) is 6.82. The summed E-state index contributed by atoms with van der Waals surface area (Å²) in [5.41, 5.74) is 15.5. The molecule has 14 heteroatoms. The number of thiol groups is 1. The van der Waals surface area contributed by atoms with E-state index < -0.39 is 78.4 Å². The van der Waals surface area contributed by atoms with Crippen LogP contribution >= 0.6 is 12.6 Å². The van der Waals surface area contributed by atoms with Gasteiger partial charge in [-0.15, -0.1) is 0 Å². The summed E-state index contributed by atoms with van der Waals surface area (Å²) < 4.78 is 0. The molecule has 0 aliphatic rings. The molecule has 0 aromatic rings. The van der Waals surface area contributed by atoms with E-state index in [1.165, 1.54) is 0 Å². The number of hydrogen-bond acceptors (Lipinski definition) is 8. The minimum absolute atomic E-state index is 0.208. The molecule has 0 aliphatic heterocycles. The molecular weight excluding hydrogens is 420 g/mol. The average molecular weight is 449 g/mol. The molecule has 5 amide bonds. The predicted molar refractivity (Wildman–Crippen MR) is 108 cm³/mol. The summed E-state index contributed by atoms with van der Waals surface area (Å²) in [5, 5.41) is 15.9. The number of hydrogen-bond donors (Lipinski definition) is 8. The van der Waals surface area contributed by atoms with E-state index in [9.17, 15) is 28.8 Å². The van der Waals surface area contributed by atoms with Crippen molar-refractivity contribution in [3.63, 3.8) is 0 Å². The van der Waals surface area contributed by atoms with Gasteiger partial charge in [0.1, 0.15) is 18.1 Å². The Hall–Kier alpha value is -2.87. The zero-order chi connectivity index (χ0) is 23.6. The maximum absolute atomic E-state index is 12.5. The third-order valence-corrected chi connectivity index (χ3v) is 4.21. The van der Waals surface area contributed by atoms with E-state index in [-0.39, 0.29) is 5.75 Å². The molecule has 30 heavy (non-hydrogen) atoms. The van der Waals surface area contributed by atoms with Gasteiger partial charge in [-0.2, -0.15) is 12.6 Å². The first-order chi connectivity index (χ1) is 13.8. The molecule has 4 unspecified atom stereocenters. The quantitative estimate of drug-likeness (QED) is 0.130. The van der Waals surface area contributed by atoms with Crippen LogP contribution in [0.5, 0.6) is 0 Å². The Morgan fingerprint density at radius 2 is 1.30 bits per heavy atom. The third-order valence-electron chi connectivity index (χ3n) is 3.84. The minimum atomic E-state index is -1.50. The number of primary amides is 2. The van der Waals surface area contributed by atoms with Crippen LogP contribution in [0.25, 0.3) is 0 Å². The van der Waals surface area contributed by atoms with E-state index in [4.69, 9.17) is 22.3 Å². The Morgan fingerprint density at radius 3 is 1.70 bits per heavy atom. The molecule has 0 saturated carbocycles. The highest BCUT2D eigenvalue weighted by molar-refractivity contribution is 7.80. The van der Waals surface area contributed by atoms with E-state index in [1.807, 2.05) is 0 Å². The van der Waals surface area contributed by atoms with Gasteiger partial charge < -0.3 is 38.3 Å². The van der Waals surface area contributed by atoms with Crippen LogP contribution in [0, 0.1) is 5.92 Å². The summed E-state index contributed by atoms with van der Waals surface area (Å²) in [5.74, 6) is -6.40.